The van der Waals surface area contributed by atoms with Gasteiger partial charge in [-0.2, -0.15) is 0 Å². The Morgan fingerprint density at radius 1 is 1.28 bits per heavy atom. The Morgan fingerprint density at radius 2 is 2.08 bits per heavy atom. The third-order valence-corrected chi connectivity index (χ3v) is 4.92. The number of carbonyl (C=O) groups excluding carboxylic acids is 1. The fraction of sp³-hybridized carbons (Fsp3) is 0.556. The molecule has 0 saturated carbocycles. The van der Waals surface area contributed by atoms with Crippen molar-refractivity contribution in [1.29, 1.82) is 0 Å². The van der Waals surface area contributed by atoms with Crippen LogP contribution in [0, 0.1) is 0 Å². The summed E-state index contributed by atoms with van der Waals surface area (Å²) in [5.74, 6) is 0.581. The Hall–Kier alpha value is -2.12. The normalized spacial score (nSPS) is 24.6. The quantitative estimate of drug-likeness (QED) is 0.868. The summed E-state index contributed by atoms with van der Waals surface area (Å²) in [7, 11) is 0. The minimum atomic E-state index is -0.293. The van der Waals surface area contributed by atoms with Gasteiger partial charge in [0.1, 0.15) is 23.2 Å². The molecule has 7 nitrogen and oxygen atoms in total. The van der Waals surface area contributed by atoms with E-state index in [1.807, 2.05) is 24.3 Å². The van der Waals surface area contributed by atoms with E-state index in [2.05, 4.69) is 15.8 Å². The second-order valence-corrected chi connectivity index (χ2v) is 6.82. The Kier molecular flexibility index (Phi) is 4.59. The van der Waals surface area contributed by atoms with Crippen LogP contribution in [0.5, 0.6) is 5.75 Å². The molecule has 1 spiro atoms. The smallest absolute Gasteiger partial charge is 0.273 e. The van der Waals surface area contributed by atoms with Crippen LogP contribution in [-0.2, 0) is 14.4 Å². The molecular formula is C18H23N3O4. The van der Waals surface area contributed by atoms with Crippen molar-refractivity contribution < 1.29 is 19.1 Å². The first-order chi connectivity index (χ1) is 12.2. The van der Waals surface area contributed by atoms with Gasteiger partial charge in [-0.25, -0.2) is 0 Å². The van der Waals surface area contributed by atoms with Crippen molar-refractivity contribution in [2.45, 2.75) is 37.4 Å². The molecule has 3 aliphatic heterocycles. The summed E-state index contributed by atoms with van der Waals surface area (Å²) < 4.78 is 11.1. The number of nitrogens with zero attached hydrogens (tertiary/aromatic N) is 1. The molecule has 1 atom stereocenters. The Labute approximate surface area is 146 Å². The molecule has 3 aliphatic rings. The molecular weight excluding hydrogens is 322 g/mol. The lowest BCUT2D eigenvalue weighted by molar-refractivity contribution is -0.110. The maximum atomic E-state index is 12.4. The minimum absolute atomic E-state index is 0.117. The predicted octanol–water partition coefficient (Wildman–Crippen LogP) is 1.69. The van der Waals surface area contributed by atoms with Crippen molar-refractivity contribution in [3.8, 4) is 5.75 Å². The van der Waals surface area contributed by atoms with Gasteiger partial charge in [-0.15, -0.1) is 0 Å². The summed E-state index contributed by atoms with van der Waals surface area (Å²) in [6.07, 6.45) is 3.36. The molecule has 1 aromatic carbocycles. The van der Waals surface area contributed by atoms with E-state index in [0.29, 0.717) is 24.4 Å². The predicted molar refractivity (Wildman–Crippen MR) is 92.9 cm³/mol. The molecule has 2 saturated heterocycles. The highest BCUT2D eigenvalue weighted by molar-refractivity contribution is 6.43. The number of hydrogen-bond acceptors (Lipinski definition) is 6. The number of oxime groups is 1. The van der Waals surface area contributed by atoms with Crippen LogP contribution in [0.4, 0.5) is 5.69 Å². The van der Waals surface area contributed by atoms with Crippen molar-refractivity contribution in [3.05, 3.63) is 24.3 Å². The lowest BCUT2D eigenvalue weighted by Gasteiger charge is -2.30. The maximum Gasteiger partial charge on any atom is 0.273 e. The van der Waals surface area contributed by atoms with Crippen LogP contribution in [-0.4, -0.2) is 49.6 Å². The van der Waals surface area contributed by atoms with E-state index in [1.54, 1.807) is 0 Å². The molecule has 7 heteroatoms. The van der Waals surface area contributed by atoms with Gasteiger partial charge < -0.3 is 24.9 Å². The summed E-state index contributed by atoms with van der Waals surface area (Å²) in [5, 5.41) is 10.2. The number of nitrogens with one attached hydrogen (secondary N) is 2. The molecule has 0 aliphatic carbocycles. The van der Waals surface area contributed by atoms with Crippen LogP contribution in [0.15, 0.2) is 29.4 Å². The third kappa shape index (κ3) is 3.77. The molecule has 0 radical (unpaired) electrons. The van der Waals surface area contributed by atoms with Crippen LogP contribution < -0.4 is 15.4 Å². The van der Waals surface area contributed by atoms with Gasteiger partial charge in [0.2, 0.25) is 0 Å². The van der Waals surface area contributed by atoms with Gasteiger partial charge >= 0.3 is 0 Å². The zero-order valence-electron chi connectivity index (χ0n) is 14.1. The zero-order chi connectivity index (χ0) is 17.1. The van der Waals surface area contributed by atoms with E-state index in [1.165, 1.54) is 0 Å². The number of anilines is 1. The zero-order valence-corrected chi connectivity index (χ0v) is 14.1. The summed E-state index contributed by atoms with van der Waals surface area (Å²) in [4.78, 5) is 18.0. The van der Waals surface area contributed by atoms with Gasteiger partial charge in [0.05, 0.1) is 13.2 Å². The maximum absolute atomic E-state index is 12.4. The van der Waals surface area contributed by atoms with Gasteiger partial charge in [0.25, 0.3) is 5.91 Å². The standard InChI is InChI=1S/C18H23N3O4/c22-17(16-11-18(25-21-16)6-8-19-9-7-18)20-13-1-3-14(4-2-13)24-15-5-10-23-12-15/h1-4,15,19H,5-12H2,(H,20,22). The fourth-order valence-corrected chi connectivity index (χ4v) is 3.41. The number of amides is 1. The molecule has 0 bridgehead atoms. The summed E-state index contributed by atoms with van der Waals surface area (Å²) in [6, 6.07) is 7.38. The van der Waals surface area contributed by atoms with Crippen molar-refractivity contribution in [2.75, 3.05) is 31.6 Å². The number of benzene rings is 1. The van der Waals surface area contributed by atoms with E-state index in [0.717, 1.165) is 44.7 Å². The van der Waals surface area contributed by atoms with Crippen LogP contribution in [0.2, 0.25) is 0 Å². The molecule has 3 heterocycles. The van der Waals surface area contributed by atoms with Crippen molar-refractivity contribution in [2.24, 2.45) is 5.16 Å². The van der Waals surface area contributed by atoms with Gasteiger partial charge in [0.15, 0.2) is 0 Å². The van der Waals surface area contributed by atoms with E-state index in [4.69, 9.17) is 14.3 Å². The SMILES string of the molecule is O=C(Nc1ccc(OC2CCOC2)cc1)C1=NOC2(CCNCC2)C1. The lowest BCUT2D eigenvalue weighted by Crippen LogP contribution is -2.42. The number of ether oxygens (including phenoxy) is 2. The van der Waals surface area contributed by atoms with Gasteiger partial charge in [-0.1, -0.05) is 5.16 Å². The summed E-state index contributed by atoms with van der Waals surface area (Å²) in [6.45, 7) is 3.19. The van der Waals surface area contributed by atoms with Gasteiger partial charge in [-0.05, 0) is 37.4 Å². The second-order valence-electron chi connectivity index (χ2n) is 6.82. The van der Waals surface area contributed by atoms with E-state index in [-0.39, 0.29) is 17.6 Å². The highest BCUT2D eigenvalue weighted by Gasteiger charge is 2.42. The highest BCUT2D eigenvalue weighted by Crippen LogP contribution is 2.32. The number of piperidine rings is 1. The van der Waals surface area contributed by atoms with Crippen molar-refractivity contribution in [1.82, 2.24) is 5.32 Å². The molecule has 0 aromatic heterocycles. The van der Waals surface area contributed by atoms with E-state index < -0.39 is 0 Å². The summed E-state index contributed by atoms with van der Waals surface area (Å²) in [5.41, 5.74) is 0.887. The minimum Gasteiger partial charge on any atom is -0.488 e. The Bertz CT molecular complexity index is 647. The van der Waals surface area contributed by atoms with Gasteiger partial charge in [0, 0.05) is 31.4 Å². The topological polar surface area (TPSA) is 81.2 Å². The molecule has 134 valence electrons. The second kappa shape index (κ2) is 7.01. The molecule has 1 amide bonds. The fourth-order valence-electron chi connectivity index (χ4n) is 3.41. The average molecular weight is 345 g/mol. The molecule has 1 aromatic rings. The number of rotatable bonds is 4. The van der Waals surface area contributed by atoms with Crippen LogP contribution in [0.1, 0.15) is 25.7 Å². The Balaban J connectivity index is 1.31. The monoisotopic (exact) mass is 345 g/mol. The largest absolute Gasteiger partial charge is 0.488 e. The number of hydrogen-bond donors (Lipinski definition) is 2. The highest BCUT2D eigenvalue weighted by atomic mass is 16.7. The molecule has 2 N–H and O–H groups in total. The molecule has 25 heavy (non-hydrogen) atoms. The first-order valence-electron chi connectivity index (χ1n) is 8.84. The van der Waals surface area contributed by atoms with Crippen LogP contribution in [0.3, 0.4) is 0 Å². The van der Waals surface area contributed by atoms with Crippen molar-refractivity contribution in [3.63, 3.8) is 0 Å². The average Bonchev–Trinajstić information content (AvgIpc) is 3.28. The summed E-state index contributed by atoms with van der Waals surface area (Å²) >= 11 is 0. The Morgan fingerprint density at radius 3 is 2.80 bits per heavy atom. The van der Waals surface area contributed by atoms with Crippen LogP contribution >= 0.6 is 0 Å². The molecule has 4 rings (SSSR count). The third-order valence-electron chi connectivity index (χ3n) is 4.92. The first-order valence-corrected chi connectivity index (χ1v) is 8.84. The van der Waals surface area contributed by atoms with Crippen molar-refractivity contribution >= 4 is 17.3 Å². The lowest BCUT2D eigenvalue weighted by atomic mass is 9.87. The first kappa shape index (κ1) is 16.4. The molecule has 1 unspecified atom stereocenters. The van der Waals surface area contributed by atoms with E-state index in [9.17, 15) is 4.79 Å². The number of carbonyl (C=O) groups is 1. The van der Waals surface area contributed by atoms with E-state index >= 15 is 0 Å². The van der Waals surface area contributed by atoms with Crippen LogP contribution in [0.25, 0.3) is 0 Å². The van der Waals surface area contributed by atoms with Gasteiger partial charge in [-0.3, -0.25) is 4.79 Å². The molecule has 2 fully saturated rings.